The van der Waals surface area contributed by atoms with E-state index in [2.05, 4.69) is 6.58 Å². The Morgan fingerprint density at radius 2 is 1.78 bits per heavy atom. The molecule has 0 fully saturated rings. The number of phenolic OH excluding ortho intramolecular Hbond substituents is 1. The number of esters is 1. The van der Waals surface area contributed by atoms with Gasteiger partial charge in [0.25, 0.3) is 0 Å². The SMILES string of the molecule is C=C(C)C(=O)Oc1ccc(O)c2ccccc12.[Y]. The van der Waals surface area contributed by atoms with Gasteiger partial charge in [0.15, 0.2) is 0 Å². The van der Waals surface area contributed by atoms with Gasteiger partial charge in [-0.1, -0.05) is 30.8 Å². The molecule has 0 aliphatic carbocycles. The summed E-state index contributed by atoms with van der Waals surface area (Å²) < 4.78 is 5.19. The van der Waals surface area contributed by atoms with Crippen molar-refractivity contribution < 1.29 is 47.3 Å². The molecule has 1 N–H and O–H groups in total. The molecule has 0 aliphatic rings. The zero-order chi connectivity index (χ0) is 12.4. The van der Waals surface area contributed by atoms with Gasteiger partial charge in [-0.05, 0) is 19.1 Å². The Bertz CT molecular complexity index is 605. The monoisotopic (exact) mass is 317 g/mol. The molecule has 3 nitrogen and oxygen atoms in total. The van der Waals surface area contributed by atoms with Crippen molar-refractivity contribution in [3.8, 4) is 11.5 Å². The van der Waals surface area contributed by atoms with Crippen molar-refractivity contribution in [2.45, 2.75) is 6.92 Å². The molecule has 0 spiro atoms. The Kier molecular flexibility index (Phi) is 5.06. The zero-order valence-electron chi connectivity index (χ0n) is 10.0. The van der Waals surface area contributed by atoms with E-state index in [0.29, 0.717) is 22.1 Å². The van der Waals surface area contributed by atoms with E-state index >= 15 is 0 Å². The Labute approximate surface area is 130 Å². The van der Waals surface area contributed by atoms with Crippen molar-refractivity contribution in [1.82, 2.24) is 0 Å². The van der Waals surface area contributed by atoms with Crippen LogP contribution >= 0.6 is 0 Å². The van der Waals surface area contributed by atoms with E-state index < -0.39 is 5.97 Å². The van der Waals surface area contributed by atoms with Crippen molar-refractivity contribution in [3.63, 3.8) is 0 Å². The van der Waals surface area contributed by atoms with E-state index in [1.165, 1.54) is 6.07 Å². The smallest absolute Gasteiger partial charge is 0.338 e. The molecule has 2 rings (SSSR count). The maximum Gasteiger partial charge on any atom is 0.338 e. The van der Waals surface area contributed by atoms with E-state index in [0.717, 1.165) is 0 Å². The van der Waals surface area contributed by atoms with Crippen molar-refractivity contribution in [2.24, 2.45) is 0 Å². The zero-order valence-corrected chi connectivity index (χ0v) is 12.9. The minimum Gasteiger partial charge on any atom is -0.507 e. The number of rotatable bonds is 2. The van der Waals surface area contributed by atoms with Crippen molar-refractivity contribution >= 4 is 16.7 Å². The number of hydrogen-bond donors (Lipinski definition) is 1. The van der Waals surface area contributed by atoms with Crippen LogP contribution < -0.4 is 4.74 Å². The summed E-state index contributed by atoms with van der Waals surface area (Å²) >= 11 is 0. The molecule has 2 aromatic carbocycles. The standard InChI is InChI=1S/C14H12O3.Y/c1-9(2)14(16)17-13-8-7-12(15)10-5-3-4-6-11(10)13;/h3-8,15H,1H2,2H3;. The molecular weight excluding hydrogens is 305 g/mol. The molecule has 0 aromatic heterocycles. The van der Waals surface area contributed by atoms with E-state index in [9.17, 15) is 9.90 Å². The summed E-state index contributed by atoms with van der Waals surface area (Å²) in [5.41, 5.74) is 0.335. The van der Waals surface area contributed by atoms with Crippen LogP contribution in [0.5, 0.6) is 11.5 Å². The maximum atomic E-state index is 11.5. The first-order valence-electron chi connectivity index (χ1n) is 5.18. The molecule has 0 saturated carbocycles. The molecule has 0 amide bonds. The first-order chi connectivity index (χ1) is 8.09. The average molecular weight is 317 g/mol. The molecule has 0 aliphatic heterocycles. The Morgan fingerprint density at radius 1 is 1.17 bits per heavy atom. The largest absolute Gasteiger partial charge is 0.507 e. The summed E-state index contributed by atoms with van der Waals surface area (Å²) in [4.78, 5) is 11.5. The second kappa shape index (κ2) is 6.12. The van der Waals surface area contributed by atoms with E-state index in [1.54, 1.807) is 25.1 Å². The topological polar surface area (TPSA) is 46.5 Å². The fraction of sp³-hybridized carbons (Fsp3) is 0.0714. The van der Waals surface area contributed by atoms with Gasteiger partial charge in [0.05, 0.1) is 0 Å². The molecule has 4 heteroatoms. The molecule has 0 atom stereocenters. The van der Waals surface area contributed by atoms with E-state index in [-0.39, 0.29) is 38.5 Å². The third kappa shape index (κ3) is 2.98. The van der Waals surface area contributed by atoms with Gasteiger partial charge in [0.1, 0.15) is 11.5 Å². The summed E-state index contributed by atoms with van der Waals surface area (Å²) in [7, 11) is 0. The van der Waals surface area contributed by atoms with Gasteiger partial charge in [0, 0.05) is 49.1 Å². The molecule has 0 heterocycles. The van der Waals surface area contributed by atoms with Gasteiger partial charge in [-0.15, -0.1) is 0 Å². The van der Waals surface area contributed by atoms with Crippen molar-refractivity contribution in [2.75, 3.05) is 0 Å². The Hall–Kier alpha value is -1.19. The number of benzene rings is 2. The second-order valence-electron chi connectivity index (χ2n) is 3.80. The number of hydrogen-bond acceptors (Lipinski definition) is 3. The second-order valence-corrected chi connectivity index (χ2v) is 3.80. The molecule has 0 bridgehead atoms. The molecule has 1 radical (unpaired) electrons. The normalized spacial score (nSPS) is 9.61. The van der Waals surface area contributed by atoms with Crippen LogP contribution in [0.1, 0.15) is 6.92 Å². The van der Waals surface area contributed by atoms with Gasteiger partial charge < -0.3 is 9.84 Å². The summed E-state index contributed by atoms with van der Waals surface area (Å²) in [6, 6.07) is 10.3. The van der Waals surface area contributed by atoms with Gasteiger partial charge in [-0.25, -0.2) is 4.79 Å². The molecule has 0 unspecified atom stereocenters. The predicted molar refractivity (Wildman–Crippen MR) is 66.1 cm³/mol. The van der Waals surface area contributed by atoms with Gasteiger partial charge in [-0.3, -0.25) is 0 Å². The van der Waals surface area contributed by atoms with Crippen LogP contribution in [0, 0.1) is 0 Å². The van der Waals surface area contributed by atoms with Gasteiger partial charge in [-0.2, -0.15) is 0 Å². The fourth-order valence-electron chi connectivity index (χ4n) is 1.53. The first-order valence-corrected chi connectivity index (χ1v) is 5.18. The van der Waals surface area contributed by atoms with Gasteiger partial charge in [0.2, 0.25) is 0 Å². The first kappa shape index (κ1) is 14.9. The minimum atomic E-state index is -0.471. The van der Waals surface area contributed by atoms with Crippen LogP contribution in [0.3, 0.4) is 0 Å². The van der Waals surface area contributed by atoms with Crippen LogP contribution in [0.15, 0.2) is 48.6 Å². The molecule has 0 saturated heterocycles. The number of ether oxygens (including phenoxy) is 1. The minimum absolute atomic E-state index is 0. The third-order valence-corrected chi connectivity index (χ3v) is 2.41. The number of phenols is 1. The summed E-state index contributed by atoms with van der Waals surface area (Å²) in [5.74, 6) is 0.114. The Balaban J connectivity index is 0.00000162. The number of carbonyl (C=O) groups is 1. The van der Waals surface area contributed by atoms with E-state index in [4.69, 9.17) is 4.74 Å². The van der Waals surface area contributed by atoms with Crippen LogP contribution in [0.4, 0.5) is 0 Å². The maximum absolute atomic E-state index is 11.5. The van der Waals surface area contributed by atoms with Gasteiger partial charge >= 0.3 is 5.97 Å². The van der Waals surface area contributed by atoms with Crippen LogP contribution in [0.2, 0.25) is 0 Å². The summed E-state index contributed by atoms with van der Waals surface area (Å²) in [6.45, 7) is 5.11. The number of fused-ring (bicyclic) bond motifs is 1. The van der Waals surface area contributed by atoms with Crippen molar-refractivity contribution in [1.29, 1.82) is 0 Å². The molecule has 18 heavy (non-hydrogen) atoms. The van der Waals surface area contributed by atoms with E-state index in [1.807, 2.05) is 12.1 Å². The Morgan fingerprint density at radius 3 is 2.39 bits per heavy atom. The fourth-order valence-corrected chi connectivity index (χ4v) is 1.53. The average Bonchev–Trinajstić information content (AvgIpc) is 2.33. The molecular formula is C14H12O3Y. The molecule has 89 valence electrons. The van der Waals surface area contributed by atoms with Crippen LogP contribution in [-0.2, 0) is 37.5 Å². The van der Waals surface area contributed by atoms with Crippen molar-refractivity contribution in [3.05, 3.63) is 48.6 Å². The third-order valence-electron chi connectivity index (χ3n) is 2.41. The van der Waals surface area contributed by atoms with Crippen LogP contribution in [0.25, 0.3) is 10.8 Å². The molecule has 2 aromatic rings. The predicted octanol–water partition coefficient (Wildman–Crippen LogP) is 3.02. The quantitative estimate of drug-likeness (QED) is 0.526. The number of carbonyl (C=O) groups excluding carboxylic acids is 1. The number of aromatic hydroxyl groups is 1. The van der Waals surface area contributed by atoms with Crippen LogP contribution in [-0.4, -0.2) is 11.1 Å². The summed E-state index contributed by atoms with van der Waals surface area (Å²) in [6.07, 6.45) is 0. The summed E-state index contributed by atoms with van der Waals surface area (Å²) in [5, 5.41) is 11.0.